The Kier molecular flexibility index (Phi) is 2.13. The largest absolute Gasteiger partial charge is 0.497 e. The molecule has 2 rings (SSSR count). The van der Waals surface area contributed by atoms with Crippen LogP contribution in [0, 0.1) is 0 Å². The van der Waals surface area contributed by atoms with Crippen LogP contribution >= 0.6 is 0 Å². The molecule has 0 aromatic heterocycles. The monoisotopic (exact) mass is 192 g/mol. The second kappa shape index (κ2) is 3.31. The summed E-state index contributed by atoms with van der Waals surface area (Å²) >= 11 is 0. The van der Waals surface area contributed by atoms with E-state index in [9.17, 15) is 4.79 Å². The lowest BCUT2D eigenvalue weighted by Crippen LogP contribution is -2.23. The van der Waals surface area contributed by atoms with Crippen molar-refractivity contribution in [2.75, 3.05) is 19.5 Å². The average molecular weight is 192 g/mol. The van der Waals surface area contributed by atoms with Crippen molar-refractivity contribution in [3.8, 4) is 5.75 Å². The Morgan fingerprint density at radius 1 is 1.50 bits per heavy atom. The molecule has 0 fully saturated rings. The fourth-order valence-electron chi connectivity index (χ4n) is 1.65. The number of likely N-dealkylation sites (N-methyl/N-ethyl adjacent to an activating group) is 1. The maximum atomic E-state index is 11.4. The Bertz CT molecular complexity index is 376. The third-order valence-electron chi connectivity index (χ3n) is 2.38. The standard InChI is InChI=1S/C10H12N2O2/c1-11-9-7-5-6(14-2)3-4-8(7)12-10(9)13/h3-5,9,11H,1-2H3,(H,12,13). The molecule has 4 heteroatoms. The molecule has 0 saturated heterocycles. The van der Waals surface area contributed by atoms with E-state index in [-0.39, 0.29) is 11.9 Å². The van der Waals surface area contributed by atoms with E-state index in [4.69, 9.17) is 4.74 Å². The topological polar surface area (TPSA) is 50.4 Å². The van der Waals surface area contributed by atoms with E-state index in [2.05, 4.69) is 10.6 Å². The normalized spacial score (nSPS) is 19.0. The number of carbonyl (C=O) groups is 1. The molecule has 1 atom stereocenters. The lowest BCUT2D eigenvalue weighted by molar-refractivity contribution is -0.117. The Labute approximate surface area is 82.3 Å². The summed E-state index contributed by atoms with van der Waals surface area (Å²) in [5.74, 6) is 0.747. The summed E-state index contributed by atoms with van der Waals surface area (Å²) in [7, 11) is 3.37. The van der Waals surface area contributed by atoms with Crippen molar-refractivity contribution >= 4 is 11.6 Å². The van der Waals surface area contributed by atoms with Crippen LogP contribution < -0.4 is 15.4 Å². The van der Waals surface area contributed by atoms with Crippen molar-refractivity contribution in [1.82, 2.24) is 5.32 Å². The first-order valence-corrected chi connectivity index (χ1v) is 4.42. The van der Waals surface area contributed by atoms with Crippen molar-refractivity contribution < 1.29 is 9.53 Å². The molecule has 1 aliphatic rings. The first-order valence-electron chi connectivity index (χ1n) is 4.42. The first-order chi connectivity index (χ1) is 6.76. The summed E-state index contributed by atoms with van der Waals surface area (Å²) in [4.78, 5) is 11.4. The van der Waals surface area contributed by atoms with Gasteiger partial charge < -0.3 is 15.4 Å². The lowest BCUT2D eigenvalue weighted by atomic mass is 10.1. The van der Waals surface area contributed by atoms with Crippen LogP contribution in [0.15, 0.2) is 18.2 Å². The van der Waals surface area contributed by atoms with E-state index in [0.29, 0.717) is 0 Å². The van der Waals surface area contributed by atoms with Gasteiger partial charge in [-0.05, 0) is 25.2 Å². The molecule has 2 N–H and O–H groups in total. The number of amides is 1. The highest BCUT2D eigenvalue weighted by molar-refractivity contribution is 6.02. The quantitative estimate of drug-likeness (QED) is 0.732. The van der Waals surface area contributed by atoms with Gasteiger partial charge >= 0.3 is 0 Å². The number of carbonyl (C=O) groups excluding carboxylic acids is 1. The van der Waals surface area contributed by atoms with Gasteiger partial charge in [0.1, 0.15) is 11.8 Å². The summed E-state index contributed by atoms with van der Waals surface area (Å²) in [5, 5.41) is 5.75. The number of nitrogens with one attached hydrogen (secondary N) is 2. The Morgan fingerprint density at radius 2 is 2.29 bits per heavy atom. The summed E-state index contributed by atoms with van der Waals surface area (Å²) in [6.07, 6.45) is 0. The van der Waals surface area contributed by atoms with Gasteiger partial charge in [0.25, 0.3) is 0 Å². The highest BCUT2D eigenvalue weighted by Crippen LogP contribution is 2.33. The molecule has 1 aliphatic heterocycles. The summed E-state index contributed by atoms with van der Waals surface area (Å²) < 4.78 is 5.10. The molecular weight excluding hydrogens is 180 g/mol. The number of rotatable bonds is 2. The maximum absolute atomic E-state index is 11.4. The highest BCUT2D eigenvalue weighted by atomic mass is 16.5. The zero-order valence-electron chi connectivity index (χ0n) is 8.13. The number of hydrogen-bond donors (Lipinski definition) is 2. The van der Waals surface area contributed by atoms with Gasteiger partial charge in [0, 0.05) is 11.3 Å². The number of benzene rings is 1. The molecule has 1 aromatic rings. The van der Waals surface area contributed by atoms with Crippen LogP contribution in [0.4, 0.5) is 5.69 Å². The van der Waals surface area contributed by atoms with E-state index in [1.807, 2.05) is 18.2 Å². The second-order valence-corrected chi connectivity index (χ2v) is 3.16. The Hall–Kier alpha value is -1.55. The van der Waals surface area contributed by atoms with Crippen LogP contribution in [-0.2, 0) is 4.79 Å². The molecule has 0 saturated carbocycles. The zero-order chi connectivity index (χ0) is 10.1. The van der Waals surface area contributed by atoms with E-state index in [1.54, 1.807) is 14.2 Å². The van der Waals surface area contributed by atoms with Gasteiger partial charge in [-0.2, -0.15) is 0 Å². The fraction of sp³-hybridized carbons (Fsp3) is 0.300. The minimum atomic E-state index is -0.264. The predicted octanol–water partition coefficient (Wildman–Crippen LogP) is 0.908. The van der Waals surface area contributed by atoms with Crippen molar-refractivity contribution in [3.63, 3.8) is 0 Å². The molecule has 0 spiro atoms. The molecule has 14 heavy (non-hydrogen) atoms. The minimum Gasteiger partial charge on any atom is -0.497 e. The van der Waals surface area contributed by atoms with Gasteiger partial charge in [-0.1, -0.05) is 0 Å². The number of anilines is 1. The van der Waals surface area contributed by atoms with Crippen molar-refractivity contribution in [2.24, 2.45) is 0 Å². The predicted molar refractivity (Wildman–Crippen MR) is 53.4 cm³/mol. The number of fused-ring (bicyclic) bond motifs is 1. The van der Waals surface area contributed by atoms with Crippen LogP contribution in [0.1, 0.15) is 11.6 Å². The minimum absolute atomic E-state index is 0.0178. The van der Waals surface area contributed by atoms with Gasteiger partial charge in [-0.15, -0.1) is 0 Å². The third-order valence-corrected chi connectivity index (χ3v) is 2.38. The highest BCUT2D eigenvalue weighted by Gasteiger charge is 2.29. The molecule has 1 heterocycles. The van der Waals surface area contributed by atoms with E-state index >= 15 is 0 Å². The van der Waals surface area contributed by atoms with Gasteiger partial charge in [0.05, 0.1) is 7.11 Å². The maximum Gasteiger partial charge on any atom is 0.246 e. The molecule has 0 aliphatic carbocycles. The van der Waals surface area contributed by atoms with Crippen LogP contribution in [0.3, 0.4) is 0 Å². The van der Waals surface area contributed by atoms with E-state index < -0.39 is 0 Å². The van der Waals surface area contributed by atoms with Crippen LogP contribution in [0.5, 0.6) is 5.75 Å². The van der Waals surface area contributed by atoms with Crippen LogP contribution in [-0.4, -0.2) is 20.1 Å². The summed E-state index contributed by atoms with van der Waals surface area (Å²) in [6, 6.07) is 5.29. The number of ether oxygens (including phenoxy) is 1. The van der Waals surface area contributed by atoms with Gasteiger partial charge in [0.2, 0.25) is 5.91 Å². The average Bonchev–Trinajstić information content (AvgIpc) is 2.52. The fourth-order valence-corrected chi connectivity index (χ4v) is 1.65. The molecule has 4 nitrogen and oxygen atoms in total. The SMILES string of the molecule is CNC1C(=O)Nc2ccc(OC)cc21. The first kappa shape index (κ1) is 9.02. The van der Waals surface area contributed by atoms with Crippen molar-refractivity contribution in [2.45, 2.75) is 6.04 Å². The molecule has 0 bridgehead atoms. The lowest BCUT2D eigenvalue weighted by Gasteiger charge is -2.07. The summed E-state index contributed by atoms with van der Waals surface area (Å²) in [6.45, 7) is 0. The number of methoxy groups -OCH3 is 1. The van der Waals surface area contributed by atoms with Gasteiger partial charge in [0.15, 0.2) is 0 Å². The smallest absolute Gasteiger partial charge is 0.246 e. The van der Waals surface area contributed by atoms with Gasteiger partial charge in [-0.3, -0.25) is 4.79 Å². The van der Waals surface area contributed by atoms with E-state index in [0.717, 1.165) is 17.0 Å². The Morgan fingerprint density at radius 3 is 2.93 bits per heavy atom. The zero-order valence-corrected chi connectivity index (χ0v) is 8.13. The van der Waals surface area contributed by atoms with Crippen LogP contribution in [0.25, 0.3) is 0 Å². The van der Waals surface area contributed by atoms with Crippen LogP contribution in [0.2, 0.25) is 0 Å². The molecular formula is C10H12N2O2. The van der Waals surface area contributed by atoms with Gasteiger partial charge in [-0.25, -0.2) is 0 Å². The Balaban J connectivity index is 2.44. The summed E-state index contributed by atoms with van der Waals surface area (Å²) in [5.41, 5.74) is 1.80. The van der Waals surface area contributed by atoms with Crippen molar-refractivity contribution in [1.29, 1.82) is 0 Å². The van der Waals surface area contributed by atoms with E-state index in [1.165, 1.54) is 0 Å². The molecule has 1 unspecified atom stereocenters. The second-order valence-electron chi connectivity index (χ2n) is 3.16. The third kappa shape index (κ3) is 1.24. The number of hydrogen-bond acceptors (Lipinski definition) is 3. The van der Waals surface area contributed by atoms with Crippen molar-refractivity contribution in [3.05, 3.63) is 23.8 Å². The molecule has 0 radical (unpaired) electrons. The molecule has 1 aromatic carbocycles. The molecule has 1 amide bonds. The molecule has 74 valence electrons.